The Morgan fingerprint density at radius 1 is 1.29 bits per heavy atom. The van der Waals surface area contributed by atoms with Crippen LogP contribution in [-0.4, -0.2) is 14.8 Å². The molecule has 1 heterocycles. The molecule has 0 atom stereocenters. The molecule has 4 heteroatoms. The fourth-order valence-corrected chi connectivity index (χ4v) is 1.88. The lowest BCUT2D eigenvalue weighted by Gasteiger charge is -2.08. The van der Waals surface area contributed by atoms with Crippen LogP contribution in [0.5, 0.6) is 0 Å². The largest absolute Gasteiger partial charge is 0.314 e. The highest BCUT2D eigenvalue weighted by Crippen LogP contribution is 2.11. The molecule has 80 valence electrons. The van der Waals surface area contributed by atoms with Gasteiger partial charge < -0.3 is 4.57 Å². The van der Waals surface area contributed by atoms with Gasteiger partial charge in [-0.05, 0) is 12.3 Å². The molecular formula is C10H18BrN3. The minimum absolute atomic E-state index is 0.637. The van der Waals surface area contributed by atoms with Crippen molar-refractivity contribution in [2.24, 2.45) is 5.92 Å². The first kappa shape index (κ1) is 11.7. The van der Waals surface area contributed by atoms with Gasteiger partial charge in [-0.25, -0.2) is 0 Å². The molecule has 0 saturated carbocycles. The second kappa shape index (κ2) is 5.49. The van der Waals surface area contributed by atoms with Gasteiger partial charge in [-0.2, -0.15) is 0 Å². The van der Waals surface area contributed by atoms with Gasteiger partial charge in [-0.15, -0.1) is 10.2 Å². The molecule has 1 aromatic rings. The molecule has 1 rings (SSSR count). The van der Waals surface area contributed by atoms with Crippen molar-refractivity contribution in [1.29, 1.82) is 0 Å². The smallest absolute Gasteiger partial charge is 0.143 e. The Morgan fingerprint density at radius 2 is 1.93 bits per heavy atom. The molecule has 1 aromatic heterocycles. The minimum Gasteiger partial charge on any atom is -0.314 e. The third kappa shape index (κ3) is 2.80. The molecule has 0 spiro atoms. The van der Waals surface area contributed by atoms with Crippen LogP contribution in [0.25, 0.3) is 0 Å². The molecule has 0 unspecified atom stereocenters. The maximum Gasteiger partial charge on any atom is 0.143 e. The van der Waals surface area contributed by atoms with E-state index in [9.17, 15) is 0 Å². The van der Waals surface area contributed by atoms with E-state index in [1.54, 1.807) is 0 Å². The van der Waals surface area contributed by atoms with E-state index in [1.807, 2.05) is 0 Å². The van der Waals surface area contributed by atoms with Crippen molar-refractivity contribution in [3.05, 3.63) is 11.6 Å². The molecule has 0 radical (unpaired) electrons. The normalized spacial score (nSPS) is 11.2. The predicted molar refractivity (Wildman–Crippen MR) is 61.5 cm³/mol. The molecule has 0 aliphatic rings. The van der Waals surface area contributed by atoms with Gasteiger partial charge in [-0.3, -0.25) is 0 Å². The Labute approximate surface area is 94.0 Å². The Balaban J connectivity index is 2.86. The lowest BCUT2D eigenvalue weighted by Crippen LogP contribution is -2.08. The molecule has 0 fully saturated rings. The van der Waals surface area contributed by atoms with Crippen molar-refractivity contribution in [2.75, 3.05) is 0 Å². The van der Waals surface area contributed by atoms with E-state index in [2.05, 4.69) is 51.5 Å². The zero-order valence-electron chi connectivity index (χ0n) is 9.13. The summed E-state index contributed by atoms with van der Waals surface area (Å²) in [4.78, 5) is 0. The lowest BCUT2D eigenvalue weighted by molar-refractivity contribution is 0.560. The molecule has 0 aliphatic carbocycles. The summed E-state index contributed by atoms with van der Waals surface area (Å²) in [6.07, 6.45) is 2.14. The predicted octanol–water partition coefficient (Wildman–Crippen LogP) is 2.78. The van der Waals surface area contributed by atoms with Gasteiger partial charge in [0.2, 0.25) is 0 Å². The maximum absolute atomic E-state index is 4.23. The van der Waals surface area contributed by atoms with Crippen LogP contribution in [0.2, 0.25) is 0 Å². The van der Waals surface area contributed by atoms with Crippen LogP contribution < -0.4 is 0 Å². The van der Waals surface area contributed by atoms with E-state index in [0.717, 1.165) is 36.4 Å². The molecule has 0 saturated heterocycles. The highest BCUT2D eigenvalue weighted by Gasteiger charge is 2.11. The van der Waals surface area contributed by atoms with Gasteiger partial charge in [0.25, 0.3) is 0 Å². The van der Waals surface area contributed by atoms with Crippen molar-refractivity contribution < 1.29 is 0 Å². The summed E-state index contributed by atoms with van der Waals surface area (Å²) in [6.45, 7) is 7.62. The standard InChI is InChI=1S/C10H18BrN3/c1-4-5-14-9(6-8(2)3)12-13-10(14)7-11/h8H,4-7H2,1-3H3. The molecule has 14 heavy (non-hydrogen) atoms. The van der Waals surface area contributed by atoms with Crippen LogP contribution in [-0.2, 0) is 18.3 Å². The van der Waals surface area contributed by atoms with Crippen molar-refractivity contribution in [3.63, 3.8) is 0 Å². The van der Waals surface area contributed by atoms with E-state index in [4.69, 9.17) is 0 Å². The van der Waals surface area contributed by atoms with E-state index in [-0.39, 0.29) is 0 Å². The first-order chi connectivity index (χ1) is 6.69. The summed E-state index contributed by atoms with van der Waals surface area (Å²) < 4.78 is 2.23. The number of alkyl halides is 1. The van der Waals surface area contributed by atoms with Crippen LogP contribution >= 0.6 is 15.9 Å². The van der Waals surface area contributed by atoms with Gasteiger partial charge in [0.05, 0.1) is 5.33 Å². The van der Waals surface area contributed by atoms with E-state index >= 15 is 0 Å². The van der Waals surface area contributed by atoms with Crippen LogP contribution in [0.3, 0.4) is 0 Å². The first-order valence-corrected chi connectivity index (χ1v) is 6.28. The molecule has 0 amide bonds. The quantitative estimate of drug-likeness (QED) is 0.762. The zero-order chi connectivity index (χ0) is 10.6. The third-order valence-electron chi connectivity index (χ3n) is 2.06. The molecule has 0 bridgehead atoms. The highest BCUT2D eigenvalue weighted by molar-refractivity contribution is 9.08. The van der Waals surface area contributed by atoms with E-state index in [1.165, 1.54) is 0 Å². The van der Waals surface area contributed by atoms with Crippen molar-refractivity contribution >= 4 is 15.9 Å². The van der Waals surface area contributed by atoms with Crippen molar-refractivity contribution in [1.82, 2.24) is 14.8 Å². The Bertz CT molecular complexity index is 281. The topological polar surface area (TPSA) is 30.7 Å². The van der Waals surface area contributed by atoms with Gasteiger partial charge in [0.1, 0.15) is 11.6 Å². The average Bonchev–Trinajstić information content (AvgIpc) is 2.48. The zero-order valence-corrected chi connectivity index (χ0v) is 10.7. The molecule has 3 nitrogen and oxygen atoms in total. The summed E-state index contributed by atoms with van der Waals surface area (Å²) >= 11 is 3.43. The Hall–Kier alpha value is -0.380. The number of rotatable bonds is 5. The highest BCUT2D eigenvalue weighted by atomic mass is 79.9. The van der Waals surface area contributed by atoms with Crippen LogP contribution in [0.4, 0.5) is 0 Å². The average molecular weight is 260 g/mol. The number of hydrogen-bond acceptors (Lipinski definition) is 2. The van der Waals surface area contributed by atoms with Gasteiger partial charge in [0, 0.05) is 13.0 Å². The van der Waals surface area contributed by atoms with Crippen LogP contribution in [0, 0.1) is 5.92 Å². The van der Waals surface area contributed by atoms with Gasteiger partial charge in [-0.1, -0.05) is 36.7 Å². The number of nitrogens with zero attached hydrogens (tertiary/aromatic N) is 3. The lowest BCUT2D eigenvalue weighted by atomic mass is 10.1. The molecule has 0 aliphatic heterocycles. The summed E-state index contributed by atoms with van der Waals surface area (Å²) in [7, 11) is 0. The summed E-state index contributed by atoms with van der Waals surface area (Å²) in [5.41, 5.74) is 0. The van der Waals surface area contributed by atoms with Gasteiger partial charge in [0.15, 0.2) is 0 Å². The molecular weight excluding hydrogens is 242 g/mol. The second-order valence-electron chi connectivity index (χ2n) is 3.92. The number of hydrogen-bond donors (Lipinski definition) is 0. The Morgan fingerprint density at radius 3 is 2.43 bits per heavy atom. The SMILES string of the molecule is CCCn1c(CBr)nnc1CC(C)C. The Kier molecular flexibility index (Phi) is 4.58. The van der Waals surface area contributed by atoms with Crippen LogP contribution in [0.1, 0.15) is 38.8 Å². The third-order valence-corrected chi connectivity index (χ3v) is 2.56. The maximum atomic E-state index is 4.23. The van der Waals surface area contributed by atoms with Gasteiger partial charge >= 0.3 is 0 Å². The monoisotopic (exact) mass is 259 g/mol. The minimum atomic E-state index is 0.637. The first-order valence-electron chi connectivity index (χ1n) is 5.16. The van der Waals surface area contributed by atoms with E-state index < -0.39 is 0 Å². The number of aromatic nitrogens is 3. The number of halogens is 1. The summed E-state index contributed by atoms with van der Waals surface area (Å²) in [5.74, 6) is 2.80. The van der Waals surface area contributed by atoms with Crippen LogP contribution in [0.15, 0.2) is 0 Å². The van der Waals surface area contributed by atoms with Crippen molar-refractivity contribution in [3.8, 4) is 0 Å². The second-order valence-corrected chi connectivity index (χ2v) is 4.48. The summed E-state index contributed by atoms with van der Waals surface area (Å²) in [5, 5.41) is 9.19. The molecule has 0 aromatic carbocycles. The fourth-order valence-electron chi connectivity index (χ4n) is 1.47. The molecule has 0 N–H and O–H groups in total. The van der Waals surface area contributed by atoms with Crippen molar-refractivity contribution in [2.45, 2.75) is 45.5 Å². The van der Waals surface area contributed by atoms with E-state index in [0.29, 0.717) is 5.92 Å². The fraction of sp³-hybridized carbons (Fsp3) is 0.800. The summed E-state index contributed by atoms with van der Waals surface area (Å²) in [6, 6.07) is 0.